The van der Waals surface area contributed by atoms with E-state index in [1.165, 1.54) is 6.20 Å². The lowest BCUT2D eigenvalue weighted by atomic mass is 10.8. The molecule has 0 rings (SSSR count). The molecule has 0 spiro atoms. The fourth-order valence-electron chi connectivity index (χ4n) is 0.282. The standard InChI is InChI=1S/C5H8BrClN2/c1-3-8-5(7)9-4(2)6/h3-4H,1H2,2H3,(H,8,9). The van der Waals surface area contributed by atoms with Crippen molar-refractivity contribution in [3.8, 4) is 0 Å². The molecule has 1 N–H and O–H groups in total. The largest absolute Gasteiger partial charge is 0.348 e. The first kappa shape index (κ1) is 8.98. The van der Waals surface area contributed by atoms with Gasteiger partial charge < -0.3 is 5.32 Å². The molecule has 0 aromatic rings. The van der Waals surface area contributed by atoms with Crippen LogP contribution < -0.4 is 5.32 Å². The van der Waals surface area contributed by atoms with Crippen LogP contribution in [0.4, 0.5) is 0 Å². The van der Waals surface area contributed by atoms with E-state index < -0.39 is 0 Å². The summed E-state index contributed by atoms with van der Waals surface area (Å²) in [6, 6.07) is 0. The number of hydrogen-bond donors (Lipinski definition) is 1. The molecular formula is C5H8BrClN2. The number of alkyl halides is 1. The molecule has 0 saturated heterocycles. The topological polar surface area (TPSA) is 24.4 Å². The molecule has 4 heteroatoms. The van der Waals surface area contributed by atoms with E-state index in [9.17, 15) is 0 Å². The molecular weight excluding hydrogens is 203 g/mol. The Morgan fingerprint density at radius 2 is 2.56 bits per heavy atom. The molecule has 0 radical (unpaired) electrons. The molecule has 0 heterocycles. The van der Waals surface area contributed by atoms with Crippen molar-refractivity contribution in [3.05, 3.63) is 12.8 Å². The van der Waals surface area contributed by atoms with Gasteiger partial charge in [0.2, 0.25) is 0 Å². The molecule has 0 aromatic carbocycles. The monoisotopic (exact) mass is 210 g/mol. The molecule has 0 aliphatic carbocycles. The van der Waals surface area contributed by atoms with Gasteiger partial charge in [-0.25, -0.2) is 4.99 Å². The first-order chi connectivity index (χ1) is 4.16. The van der Waals surface area contributed by atoms with E-state index >= 15 is 0 Å². The van der Waals surface area contributed by atoms with Gasteiger partial charge in [0.1, 0.15) is 0 Å². The Balaban J connectivity index is 3.61. The summed E-state index contributed by atoms with van der Waals surface area (Å²) in [4.78, 5) is 3.80. The molecule has 0 bridgehead atoms. The van der Waals surface area contributed by atoms with Crippen molar-refractivity contribution < 1.29 is 0 Å². The highest BCUT2D eigenvalue weighted by Crippen LogP contribution is 1.93. The highest BCUT2D eigenvalue weighted by atomic mass is 79.9. The van der Waals surface area contributed by atoms with E-state index in [2.05, 4.69) is 32.8 Å². The Bertz CT molecular complexity index is 122. The van der Waals surface area contributed by atoms with Gasteiger partial charge in [-0.15, -0.1) is 0 Å². The number of nitrogens with one attached hydrogen (secondary N) is 1. The molecule has 1 unspecified atom stereocenters. The van der Waals surface area contributed by atoms with Gasteiger partial charge >= 0.3 is 0 Å². The van der Waals surface area contributed by atoms with Crippen molar-refractivity contribution in [1.29, 1.82) is 0 Å². The van der Waals surface area contributed by atoms with Crippen molar-refractivity contribution in [3.63, 3.8) is 0 Å². The van der Waals surface area contributed by atoms with Gasteiger partial charge in [0.15, 0.2) is 5.29 Å². The second kappa shape index (κ2) is 4.82. The Morgan fingerprint density at radius 1 is 2.00 bits per heavy atom. The number of hydrogen-bond acceptors (Lipinski definition) is 1. The maximum atomic E-state index is 5.51. The second-order valence-electron chi connectivity index (χ2n) is 1.36. The van der Waals surface area contributed by atoms with E-state index in [4.69, 9.17) is 11.6 Å². The smallest absolute Gasteiger partial charge is 0.196 e. The molecule has 1 atom stereocenters. The van der Waals surface area contributed by atoms with Crippen LogP contribution in [0.2, 0.25) is 0 Å². The fourth-order valence-corrected chi connectivity index (χ4v) is 0.863. The second-order valence-corrected chi connectivity index (χ2v) is 3.09. The van der Waals surface area contributed by atoms with Gasteiger partial charge in [-0.2, -0.15) is 0 Å². The maximum Gasteiger partial charge on any atom is 0.196 e. The highest BCUT2D eigenvalue weighted by molar-refractivity contribution is 9.09. The maximum absolute atomic E-state index is 5.51. The summed E-state index contributed by atoms with van der Waals surface area (Å²) in [6.07, 6.45) is 1.38. The number of nitrogens with zero attached hydrogens (tertiary/aromatic N) is 1. The molecule has 2 nitrogen and oxygen atoms in total. The van der Waals surface area contributed by atoms with Crippen LogP contribution in [0.25, 0.3) is 0 Å². The first-order valence-corrected chi connectivity index (χ1v) is 3.71. The summed E-state index contributed by atoms with van der Waals surface area (Å²) in [5, 5.41) is 3.15. The minimum absolute atomic E-state index is 0.133. The third kappa shape index (κ3) is 5.86. The van der Waals surface area contributed by atoms with Crippen molar-refractivity contribution in [2.75, 3.05) is 0 Å². The third-order valence-electron chi connectivity index (χ3n) is 0.523. The normalized spacial score (nSPS) is 14.8. The predicted octanol–water partition coefficient (Wildman–Crippen LogP) is 2.06. The molecule has 0 fully saturated rings. The Labute approximate surface area is 68.1 Å². The van der Waals surface area contributed by atoms with Crippen LogP contribution in [0.15, 0.2) is 17.8 Å². The predicted molar refractivity (Wildman–Crippen MR) is 45.0 cm³/mol. The Morgan fingerprint density at radius 3 is 2.89 bits per heavy atom. The minimum atomic E-state index is 0.133. The lowest BCUT2D eigenvalue weighted by Gasteiger charge is -2.02. The fraction of sp³-hybridized carbons (Fsp3) is 0.400. The molecule has 0 saturated carbocycles. The van der Waals surface area contributed by atoms with E-state index in [1.54, 1.807) is 0 Å². The van der Waals surface area contributed by atoms with Crippen molar-refractivity contribution >= 4 is 32.8 Å². The lowest BCUT2D eigenvalue weighted by Crippen LogP contribution is -2.23. The van der Waals surface area contributed by atoms with Crippen LogP contribution in [-0.2, 0) is 0 Å². The van der Waals surface area contributed by atoms with Gasteiger partial charge in [0.25, 0.3) is 0 Å². The minimum Gasteiger partial charge on any atom is -0.348 e. The summed E-state index contributed by atoms with van der Waals surface area (Å²) in [5.74, 6) is 0. The van der Waals surface area contributed by atoms with Crippen LogP contribution >= 0.6 is 27.5 Å². The summed E-state index contributed by atoms with van der Waals surface area (Å²) >= 11 is 8.75. The molecule has 0 aromatic heterocycles. The average molecular weight is 211 g/mol. The summed E-state index contributed by atoms with van der Waals surface area (Å²) in [7, 11) is 0. The van der Waals surface area contributed by atoms with Gasteiger partial charge in [-0.1, -0.05) is 22.5 Å². The summed E-state index contributed by atoms with van der Waals surface area (Å²) in [6.45, 7) is 5.28. The molecule has 52 valence electrons. The van der Waals surface area contributed by atoms with E-state index in [1.807, 2.05) is 6.92 Å². The van der Waals surface area contributed by atoms with Gasteiger partial charge in [-0.3, -0.25) is 0 Å². The van der Waals surface area contributed by atoms with Crippen LogP contribution in [0, 0.1) is 0 Å². The SMILES string of the molecule is C=C/N=C(/Cl)NC(C)Br. The molecule has 0 amide bonds. The van der Waals surface area contributed by atoms with Crippen LogP contribution in [0.1, 0.15) is 6.92 Å². The van der Waals surface area contributed by atoms with Crippen molar-refractivity contribution in [2.24, 2.45) is 4.99 Å². The summed E-state index contributed by atoms with van der Waals surface area (Å²) < 4.78 is 0. The number of aliphatic imine (C=N–C) groups is 1. The summed E-state index contributed by atoms with van der Waals surface area (Å²) in [5.41, 5.74) is 0. The van der Waals surface area contributed by atoms with E-state index in [0.29, 0.717) is 5.29 Å². The molecule has 0 aliphatic rings. The van der Waals surface area contributed by atoms with Gasteiger partial charge in [0, 0.05) is 6.20 Å². The van der Waals surface area contributed by atoms with Crippen molar-refractivity contribution in [1.82, 2.24) is 5.32 Å². The lowest BCUT2D eigenvalue weighted by molar-refractivity contribution is 0.926. The third-order valence-corrected chi connectivity index (χ3v) is 0.958. The van der Waals surface area contributed by atoms with Gasteiger partial charge in [0.05, 0.1) is 4.95 Å². The molecule has 9 heavy (non-hydrogen) atoms. The van der Waals surface area contributed by atoms with Crippen LogP contribution in [0.5, 0.6) is 0 Å². The Kier molecular flexibility index (Phi) is 4.81. The first-order valence-electron chi connectivity index (χ1n) is 2.41. The number of rotatable bonds is 2. The average Bonchev–Trinajstić information content (AvgIpc) is 1.63. The zero-order chi connectivity index (χ0) is 7.28. The quantitative estimate of drug-likeness (QED) is 0.321. The van der Waals surface area contributed by atoms with Crippen LogP contribution in [-0.4, -0.2) is 10.2 Å². The molecule has 0 aliphatic heterocycles. The van der Waals surface area contributed by atoms with E-state index in [0.717, 1.165) is 0 Å². The van der Waals surface area contributed by atoms with Crippen LogP contribution in [0.3, 0.4) is 0 Å². The zero-order valence-corrected chi connectivity index (χ0v) is 7.41. The van der Waals surface area contributed by atoms with Gasteiger partial charge in [-0.05, 0) is 18.5 Å². The van der Waals surface area contributed by atoms with E-state index in [-0.39, 0.29) is 4.95 Å². The Hall–Kier alpha value is -0.0200. The number of amidine groups is 1. The number of halogens is 2. The zero-order valence-electron chi connectivity index (χ0n) is 5.06. The highest BCUT2D eigenvalue weighted by Gasteiger charge is 1.94. The van der Waals surface area contributed by atoms with Crippen molar-refractivity contribution in [2.45, 2.75) is 11.9 Å².